The number of aliphatic imine (C=N–C) groups is 1. The number of nitrogens with zero attached hydrogens (tertiary/aromatic N) is 2. The summed E-state index contributed by atoms with van der Waals surface area (Å²) in [5.41, 5.74) is 5.14. The van der Waals surface area contributed by atoms with Crippen molar-refractivity contribution in [1.82, 2.24) is 0 Å². The third kappa shape index (κ3) is 0.765. The van der Waals surface area contributed by atoms with Crippen LogP contribution < -0.4 is 5.73 Å². The van der Waals surface area contributed by atoms with Crippen LogP contribution in [-0.2, 0) is 0 Å². The molecule has 0 bridgehead atoms. The normalized spacial score (nSPS) is 24.3. The van der Waals surface area contributed by atoms with Gasteiger partial charge in [-0.1, -0.05) is 0 Å². The predicted molar refractivity (Wildman–Crippen MR) is 28.7 cm³/mol. The summed E-state index contributed by atoms with van der Waals surface area (Å²) in [4.78, 5) is 3.93. The first-order chi connectivity index (χ1) is 3.43. The van der Waals surface area contributed by atoms with Gasteiger partial charge in [-0.05, 0) is 0 Å². The molecule has 0 unspecified atom stereocenters. The van der Waals surface area contributed by atoms with E-state index in [1.54, 1.807) is 6.34 Å². The summed E-state index contributed by atoms with van der Waals surface area (Å²) < 4.78 is 1.85. The van der Waals surface area contributed by atoms with Crippen LogP contribution in [0.15, 0.2) is 4.99 Å². The van der Waals surface area contributed by atoms with Crippen molar-refractivity contribution in [3.63, 3.8) is 0 Å². The Bertz CT molecular complexity index is 111. The molecule has 0 radical (unpaired) electrons. The van der Waals surface area contributed by atoms with E-state index in [0.717, 1.165) is 13.1 Å². The van der Waals surface area contributed by atoms with Crippen molar-refractivity contribution >= 4 is 12.7 Å². The first-order valence-corrected chi connectivity index (χ1v) is 2.24. The Balaban J connectivity index is 2.59. The molecule has 0 saturated heterocycles. The summed E-state index contributed by atoms with van der Waals surface area (Å²) >= 11 is 0. The predicted octanol–water partition coefficient (Wildman–Crippen LogP) is -0.972. The number of rotatable bonds is 0. The Labute approximate surface area is 42.2 Å². The molecule has 7 heavy (non-hydrogen) atoms. The first-order valence-electron chi connectivity index (χ1n) is 2.24. The lowest BCUT2D eigenvalue weighted by atomic mass is 10.7. The summed E-state index contributed by atoms with van der Waals surface area (Å²) in [6, 6.07) is 0. The van der Waals surface area contributed by atoms with Crippen LogP contribution in [-0.4, -0.2) is 30.3 Å². The van der Waals surface area contributed by atoms with Gasteiger partial charge in [-0.3, -0.25) is 0 Å². The van der Waals surface area contributed by atoms with Crippen LogP contribution in [0.2, 0.25) is 0 Å². The lowest BCUT2D eigenvalue weighted by Gasteiger charge is -1.82. The molecule has 0 aromatic carbocycles. The van der Waals surface area contributed by atoms with Gasteiger partial charge in [-0.25, -0.2) is 4.58 Å². The summed E-state index contributed by atoms with van der Waals surface area (Å²) in [5.74, 6) is 0. The van der Waals surface area contributed by atoms with Gasteiger partial charge in [0.05, 0.1) is 0 Å². The highest BCUT2D eigenvalue weighted by Crippen LogP contribution is 1.79. The Hall–Kier alpha value is -0.860. The fourth-order valence-corrected chi connectivity index (χ4v) is 0.507. The zero-order valence-electron chi connectivity index (χ0n) is 4.04. The van der Waals surface area contributed by atoms with Crippen molar-refractivity contribution in [2.24, 2.45) is 10.7 Å². The van der Waals surface area contributed by atoms with E-state index in [-0.39, 0.29) is 0 Å². The molecule has 1 aliphatic heterocycles. The minimum Gasteiger partial charge on any atom is -0.325 e. The molecule has 1 heterocycles. The van der Waals surface area contributed by atoms with E-state index in [1.807, 2.05) is 4.58 Å². The Kier molecular flexibility index (Phi) is 1.06. The maximum Gasteiger partial charge on any atom is 0.219 e. The van der Waals surface area contributed by atoms with Gasteiger partial charge in [0.25, 0.3) is 0 Å². The van der Waals surface area contributed by atoms with Crippen LogP contribution in [0.1, 0.15) is 0 Å². The van der Waals surface area contributed by atoms with E-state index in [9.17, 15) is 0 Å². The van der Waals surface area contributed by atoms with Crippen molar-refractivity contribution in [3.05, 3.63) is 0 Å². The van der Waals surface area contributed by atoms with E-state index in [2.05, 4.69) is 4.99 Å². The monoisotopic (exact) mass is 98.1 g/mol. The fourth-order valence-electron chi connectivity index (χ4n) is 0.507. The minimum absolute atomic E-state index is 0.883. The van der Waals surface area contributed by atoms with Crippen LogP contribution in [0.3, 0.4) is 0 Å². The molecule has 0 saturated carbocycles. The highest BCUT2D eigenvalue weighted by Gasteiger charge is 2.00. The molecule has 0 fully saturated rings. The van der Waals surface area contributed by atoms with Crippen LogP contribution in [0.25, 0.3) is 0 Å². The van der Waals surface area contributed by atoms with Crippen LogP contribution >= 0.6 is 0 Å². The van der Waals surface area contributed by atoms with Crippen LogP contribution in [0.5, 0.6) is 0 Å². The molecule has 3 heteroatoms. The smallest absolute Gasteiger partial charge is 0.219 e. The minimum atomic E-state index is 0.883. The van der Waals surface area contributed by atoms with Crippen molar-refractivity contribution < 1.29 is 4.58 Å². The van der Waals surface area contributed by atoms with Crippen molar-refractivity contribution in [3.8, 4) is 0 Å². The van der Waals surface area contributed by atoms with Gasteiger partial charge in [0.1, 0.15) is 13.1 Å². The maximum absolute atomic E-state index is 5.14. The Morgan fingerprint density at radius 1 is 1.86 bits per heavy atom. The molecule has 0 atom stereocenters. The fraction of sp³-hybridized carbons (Fsp3) is 0.500. The number of nitrogens with two attached hydrogens (primary N) is 1. The molecule has 3 nitrogen and oxygen atoms in total. The lowest BCUT2D eigenvalue weighted by molar-refractivity contribution is -0.380. The quantitative estimate of drug-likeness (QED) is 0.307. The zero-order valence-corrected chi connectivity index (χ0v) is 4.04. The van der Waals surface area contributed by atoms with E-state index < -0.39 is 0 Å². The molecule has 1 rings (SSSR count). The Morgan fingerprint density at radius 2 is 2.71 bits per heavy atom. The second-order valence-corrected chi connectivity index (χ2v) is 1.41. The highest BCUT2D eigenvalue weighted by atomic mass is 15.1. The SMILES string of the molecule is NC=[N+]1C=NCC1. The Morgan fingerprint density at radius 3 is 3.00 bits per heavy atom. The van der Waals surface area contributed by atoms with Gasteiger partial charge in [0, 0.05) is 0 Å². The second kappa shape index (κ2) is 1.73. The maximum atomic E-state index is 5.14. The van der Waals surface area contributed by atoms with Gasteiger partial charge >= 0.3 is 0 Å². The third-order valence-corrected chi connectivity index (χ3v) is 0.909. The van der Waals surface area contributed by atoms with E-state index in [0.29, 0.717) is 0 Å². The van der Waals surface area contributed by atoms with Gasteiger partial charge < -0.3 is 5.73 Å². The largest absolute Gasteiger partial charge is 0.325 e. The van der Waals surface area contributed by atoms with E-state index in [1.165, 1.54) is 6.34 Å². The second-order valence-electron chi connectivity index (χ2n) is 1.41. The van der Waals surface area contributed by atoms with Gasteiger partial charge in [0.15, 0.2) is 6.34 Å². The zero-order chi connectivity index (χ0) is 5.11. The molecule has 0 amide bonds. The molecule has 0 aromatic rings. The summed E-state index contributed by atoms with van der Waals surface area (Å²) in [6.07, 6.45) is 3.26. The van der Waals surface area contributed by atoms with Crippen molar-refractivity contribution in [2.45, 2.75) is 0 Å². The van der Waals surface area contributed by atoms with E-state index in [4.69, 9.17) is 5.73 Å². The van der Waals surface area contributed by atoms with Crippen LogP contribution in [0.4, 0.5) is 0 Å². The highest BCUT2D eigenvalue weighted by molar-refractivity contribution is 5.56. The van der Waals surface area contributed by atoms with Crippen LogP contribution in [0, 0.1) is 0 Å². The lowest BCUT2D eigenvalue weighted by Crippen LogP contribution is -2.12. The van der Waals surface area contributed by atoms with Crippen molar-refractivity contribution in [2.75, 3.05) is 13.1 Å². The first kappa shape index (κ1) is 4.30. The third-order valence-electron chi connectivity index (χ3n) is 0.909. The summed E-state index contributed by atoms with van der Waals surface area (Å²) in [5, 5.41) is 0. The van der Waals surface area contributed by atoms with Gasteiger partial charge in [-0.2, -0.15) is 0 Å². The van der Waals surface area contributed by atoms with Gasteiger partial charge in [0.2, 0.25) is 6.34 Å². The molecule has 1 aliphatic rings. The topological polar surface area (TPSA) is 41.4 Å². The molecular weight excluding hydrogens is 90.1 g/mol. The number of hydrogen-bond donors (Lipinski definition) is 1. The number of hydrogen-bond acceptors (Lipinski definition) is 1. The summed E-state index contributed by atoms with van der Waals surface area (Å²) in [7, 11) is 0. The average molecular weight is 98.1 g/mol. The molecule has 0 aliphatic carbocycles. The average Bonchev–Trinajstić information content (AvgIpc) is 2.14. The summed E-state index contributed by atoms with van der Waals surface area (Å²) in [6.45, 7) is 1.82. The molecule has 38 valence electrons. The van der Waals surface area contributed by atoms with E-state index >= 15 is 0 Å². The standard InChI is InChI=1S/C4H7N3/c5-3-7-2-1-6-4-7/h3-5H,1-2H2/p+1. The molecule has 0 spiro atoms. The molecular formula is C4H8N3+. The molecule has 2 N–H and O–H groups in total. The molecule has 0 aromatic heterocycles. The van der Waals surface area contributed by atoms with Gasteiger partial charge in [-0.15, -0.1) is 4.99 Å². The van der Waals surface area contributed by atoms with Crippen molar-refractivity contribution in [1.29, 1.82) is 0 Å².